The molecule has 1 heterocycles. The predicted molar refractivity (Wildman–Crippen MR) is 63.6 cm³/mol. The molecule has 1 aromatic heterocycles. The van der Waals surface area contributed by atoms with E-state index in [-0.39, 0.29) is 6.04 Å². The van der Waals surface area contributed by atoms with Crippen molar-refractivity contribution in [1.29, 1.82) is 0 Å². The van der Waals surface area contributed by atoms with Crippen LogP contribution < -0.4 is 15.8 Å². The number of nitrogens with two attached hydrogens (primary N) is 1. The van der Waals surface area contributed by atoms with Crippen LogP contribution in [-0.2, 0) is 0 Å². The lowest BCUT2D eigenvalue weighted by atomic mass is 10.2. The van der Waals surface area contributed by atoms with Crippen LogP contribution in [0.15, 0.2) is 18.2 Å². The molecule has 0 radical (unpaired) electrons. The maximum absolute atomic E-state index is 5.76. The molecule has 90 valence electrons. The molecular weight excluding hydrogens is 220 g/mol. The minimum atomic E-state index is -0.0692. The molecule has 0 amide bonds. The van der Waals surface area contributed by atoms with Gasteiger partial charge in [-0.15, -0.1) is 10.2 Å². The summed E-state index contributed by atoms with van der Waals surface area (Å²) in [6.45, 7) is 1.93. The fourth-order valence-electron chi connectivity index (χ4n) is 1.49. The van der Waals surface area contributed by atoms with Crippen LogP contribution in [-0.4, -0.2) is 27.7 Å². The zero-order valence-electron chi connectivity index (χ0n) is 9.64. The molecule has 4 N–H and O–H groups in total. The average Bonchev–Trinajstić information content (AvgIpc) is 2.81. The Kier molecular flexibility index (Phi) is 3.08. The van der Waals surface area contributed by atoms with Gasteiger partial charge >= 0.3 is 0 Å². The van der Waals surface area contributed by atoms with Crippen LogP contribution in [0.1, 0.15) is 18.8 Å². The van der Waals surface area contributed by atoms with E-state index in [4.69, 9.17) is 10.5 Å². The number of tetrazole rings is 1. The summed E-state index contributed by atoms with van der Waals surface area (Å²) in [4.78, 5) is 0. The Morgan fingerprint density at radius 3 is 2.88 bits per heavy atom. The first-order valence-electron chi connectivity index (χ1n) is 5.13. The summed E-state index contributed by atoms with van der Waals surface area (Å²) in [5.74, 6) is 1.29. The molecule has 2 aromatic rings. The number of aromatic amines is 1. The minimum absolute atomic E-state index is 0.0692. The highest BCUT2D eigenvalue weighted by atomic mass is 16.5. The summed E-state index contributed by atoms with van der Waals surface area (Å²) in [7, 11) is 1.60. The van der Waals surface area contributed by atoms with Gasteiger partial charge in [0, 0.05) is 23.5 Å². The molecule has 7 heteroatoms. The molecule has 0 aliphatic rings. The number of H-pyrrole nitrogens is 1. The van der Waals surface area contributed by atoms with Gasteiger partial charge in [-0.25, -0.2) is 0 Å². The molecule has 1 aromatic carbocycles. The third kappa shape index (κ3) is 2.63. The molecule has 0 aliphatic carbocycles. The number of hydrogen-bond acceptors (Lipinski definition) is 6. The van der Waals surface area contributed by atoms with Crippen molar-refractivity contribution in [2.75, 3.05) is 18.2 Å². The molecule has 0 bridgehead atoms. The summed E-state index contributed by atoms with van der Waals surface area (Å²) in [5.41, 5.74) is 7.24. The van der Waals surface area contributed by atoms with Crippen LogP contribution in [0.5, 0.6) is 5.75 Å². The fraction of sp³-hybridized carbons (Fsp3) is 0.300. The van der Waals surface area contributed by atoms with Crippen molar-refractivity contribution in [3.8, 4) is 5.75 Å². The number of hydrogen-bond donors (Lipinski definition) is 3. The second-order valence-corrected chi connectivity index (χ2v) is 3.63. The standard InChI is InChI=1S/C10H14N6O/c1-6(10-13-15-16-14-10)12-8-3-7(11)4-9(5-8)17-2/h3-6,12H,11H2,1-2H3,(H,13,14,15,16). The lowest BCUT2D eigenvalue weighted by Gasteiger charge is -2.13. The number of nitrogen functional groups attached to an aromatic ring is 1. The van der Waals surface area contributed by atoms with Crippen molar-refractivity contribution in [1.82, 2.24) is 20.6 Å². The van der Waals surface area contributed by atoms with Crippen LogP contribution in [0.3, 0.4) is 0 Å². The van der Waals surface area contributed by atoms with Gasteiger partial charge in [-0.1, -0.05) is 5.21 Å². The average molecular weight is 234 g/mol. The van der Waals surface area contributed by atoms with Gasteiger partial charge in [-0.05, 0) is 13.0 Å². The molecule has 0 saturated heterocycles. The first-order valence-corrected chi connectivity index (χ1v) is 5.13. The van der Waals surface area contributed by atoms with E-state index in [1.54, 1.807) is 13.2 Å². The molecule has 1 atom stereocenters. The van der Waals surface area contributed by atoms with Crippen LogP contribution in [0.25, 0.3) is 0 Å². The van der Waals surface area contributed by atoms with Gasteiger partial charge in [0.15, 0.2) is 5.82 Å². The predicted octanol–water partition coefficient (Wildman–Crippen LogP) is 0.964. The van der Waals surface area contributed by atoms with E-state index in [0.29, 0.717) is 17.3 Å². The number of benzene rings is 1. The fourth-order valence-corrected chi connectivity index (χ4v) is 1.49. The van der Waals surface area contributed by atoms with Crippen LogP contribution in [0.4, 0.5) is 11.4 Å². The molecule has 0 fully saturated rings. The topological polar surface area (TPSA) is 102 Å². The third-order valence-electron chi connectivity index (χ3n) is 2.30. The molecular formula is C10H14N6O. The number of ether oxygens (including phenoxy) is 1. The van der Waals surface area contributed by atoms with Gasteiger partial charge in [-0.3, -0.25) is 0 Å². The van der Waals surface area contributed by atoms with Gasteiger partial charge in [-0.2, -0.15) is 5.21 Å². The van der Waals surface area contributed by atoms with E-state index in [9.17, 15) is 0 Å². The number of anilines is 2. The number of aromatic nitrogens is 4. The van der Waals surface area contributed by atoms with Gasteiger partial charge in [0.2, 0.25) is 0 Å². The molecule has 7 nitrogen and oxygen atoms in total. The van der Waals surface area contributed by atoms with Crippen LogP contribution in [0, 0.1) is 0 Å². The summed E-state index contributed by atoms with van der Waals surface area (Å²) in [6, 6.07) is 5.36. The lowest BCUT2D eigenvalue weighted by molar-refractivity contribution is 0.415. The van der Waals surface area contributed by atoms with E-state index >= 15 is 0 Å². The summed E-state index contributed by atoms with van der Waals surface area (Å²) >= 11 is 0. The SMILES string of the molecule is COc1cc(N)cc(NC(C)c2nn[nH]n2)c1. The van der Waals surface area contributed by atoms with Crippen molar-refractivity contribution >= 4 is 11.4 Å². The first-order chi connectivity index (χ1) is 8.19. The Hall–Kier alpha value is -2.31. The number of nitrogens with one attached hydrogen (secondary N) is 2. The van der Waals surface area contributed by atoms with E-state index in [2.05, 4.69) is 25.9 Å². The summed E-state index contributed by atoms with van der Waals surface area (Å²) in [6.07, 6.45) is 0. The van der Waals surface area contributed by atoms with Crippen molar-refractivity contribution in [2.45, 2.75) is 13.0 Å². The zero-order valence-corrected chi connectivity index (χ0v) is 9.64. The Bertz CT molecular complexity index is 484. The van der Waals surface area contributed by atoms with Crippen LogP contribution in [0.2, 0.25) is 0 Å². The second kappa shape index (κ2) is 4.69. The first kappa shape index (κ1) is 11.2. The Balaban J connectivity index is 2.15. The normalized spacial score (nSPS) is 12.1. The Morgan fingerprint density at radius 1 is 1.41 bits per heavy atom. The highest BCUT2D eigenvalue weighted by Gasteiger charge is 2.10. The van der Waals surface area contributed by atoms with Crippen LogP contribution >= 0.6 is 0 Å². The van der Waals surface area contributed by atoms with Gasteiger partial charge in [0.1, 0.15) is 5.75 Å². The molecule has 1 unspecified atom stereocenters. The van der Waals surface area contributed by atoms with E-state index in [1.807, 2.05) is 19.1 Å². The maximum atomic E-state index is 5.76. The third-order valence-corrected chi connectivity index (χ3v) is 2.30. The molecule has 0 spiro atoms. The van der Waals surface area contributed by atoms with Crippen molar-refractivity contribution in [2.24, 2.45) is 0 Å². The van der Waals surface area contributed by atoms with E-state index < -0.39 is 0 Å². The van der Waals surface area contributed by atoms with Crippen molar-refractivity contribution < 1.29 is 4.74 Å². The second-order valence-electron chi connectivity index (χ2n) is 3.63. The monoisotopic (exact) mass is 234 g/mol. The summed E-state index contributed by atoms with van der Waals surface area (Å²) in [5, 5.41) is 16.9. The van der Waals surface area contributed by atoms with E-state index in [0.717, 1.165) is 5.69 Å². The molecule has 17 heavy (non-hydrogen) atoms. The Morgan fingerprint density at radius 2 is 2.24 bits per heavy atom. The highest BCUT2D eigenvalue weighted by molar-refractivity contribution is 5.59. The highest BCUT2D eigenvalue weighted by Crippen LogP contribution is 2.24. The van der Waals surface area contributed by atoms with E-state index in [1.165, 1.54) is 0 Å². The molecule has 2 rings (SSSR count). The van der Waals surface area contributed by atoms with Crippen molar-refractivity contribution in [3.05, 3.63) is 24.0 Å². The largest absolute Gasteiger partial charge is 0.497 e. The zero-order chi connectivity index (χ0) is 12.3. The summed E-state index contributed by atoms with van der Waals surface area (Å²) < 4.78 is 5.14. The number of nitrogens with zero attached hydrogens (tertiary/aromatic N) is 3. The molecule has 0 aliphatic heterocycles. The number of methoxy groups -OCH3 is 1. The van der Waals surface area contributed by atoms with Gasteiger partial charge < -0.3 is 15.8 Å². The van der Waals surface area contributed by atoms with Gasteiger partial charge in [0.25, 0.3) is 0 Å². The van der Waals surface area contributed by atoms with Crippen molar-refractivity contribution in [3.63, 3.8) is 0 Å². The number of rotatable bonds is 4. The minimum Gasteiger partial charge on any atom is -0.497 e. The lowest BCUT2D eigenvalue weighted by Crippen LogP contribution is -2.09. The smallest absolute Gasteiger partial charge is 0.196 e. The molecule has 0 saturated carbocycles. The maximum Gasteiger partial charge on any atom is 0.196 e. The Labute approximate surface area is 98.4 Å². The van der Waals surface area contributed by atoms with Gasteiger partial charge in [0.05, 0.1) is 13.2 Å². The quantitative estimate of drug-likeness (QED) is 0.681.